The maximum absolute atomic E-state index is 11.1. The Morgan fingerprint density at radius 1 is 1.33 bits per heavy atom. The number of amides is 1. The standard InChI is InChI=1S/C17H27N3O4/c1-12(21)18-11-15-19-17(24-20-15)14(10-16(22)23)9-5-8-13-6-3-2-4-7-13/h13-14H,2-11H2,1H3,(H,18,21)(H,22,23)/t14-/m0/s1. The van der Waals surface area contributed by atoms with E-state index in [9.17, 15) is 9.59 Å². The van der Waals surface area contributed by atoms with Crippen LogP contribution in [0.5, 0.6) is 0 Å². The number of nitrogens with one attached hydrogen (secondary N) is 1. The first-order valence-electron chi connectivity index (χ1n) is 8.83. The average molecular weight is 337 g/mol. The summed E-state index contributed by atoms with van der Waals surface area (Å²) in [6, 6.07) is 0. The van der Waals surface area contributed by atoms with Gasteiger partial charge in [0.25, 0.3) is 0 Å². The van der Waals surface area contributed by atoms with Crippen LogP contribution in [0, 0.1) is 5.92 Å². The molecular weight excluding hydrogens is 310 g/mol. The highest BCUT2D eigenvalue weighted by molar-refractivity contribution is 5.72. The molecule has 1 atom stereocenters. The van der Waals surface area contributed by atoms with Crippen LogP contribution in [0.4, 0.5) is 0 Å². The second kappa shape index (κ2) is 9.39. The van der Waals surface area contributed by atoms with Crippen molar-refractivity contribution in [3.05, 3.63) is 11.7 Å². The fourth-order valence-corrected chi connectivity index (χ4v) is 3.36. The van der Waals surface area contributed by atoms with Crippen LogP contribution in [0.1, 0.15) is 82.3 Å². The summed E-state index contributed by atoms with van der Waals surface area (Å²) in [5.41, 5.74) is 0. The predicted molar refractivity (Wildman–Crippen MR) is 87.2 cm³/mol. The van der Waals surface area contributed by atoms with E-state index in [0.29, 0.717) is 11.7 Å². The zero-order valence-electron chi connectivity index (χ0n) is 14.3. The molecule has 1 heterocycles. The van der Waals surface area contributed by atoms with Gasteiger partial charge in [-0.15, -0.1) is 0 Å². The maximum atomic E-state index is 11.1. The molecule has 2 N–H and O–H groups in total. The van der Waals surface area contributed by atoms with Gasteiger partial charge in [-0.3, -0.25) is 9.59 Å². The minimum absolute atomic E-state index is 0.00750. The first kappa shape index (κ1) is 18.4. The Kier molecular flexibility index (Phi) is 7.21. The molecule has 0 saturated heterocycles. The number of carboxylic acid groups (broad SMARTS) is 1. The third-order valence-electron chi connectivity index (χ3n) is 4.64. The van der Waals surface area contributed by atoms with E-state index in [1.807, 2.05) is 0 Å². The van der Waals surface area contributed by atoms with Crippen molar-refractivity contribution < 1.29 is 19.2 Å². The van der Waals surface area contributed by atoms with E-state index in [4.69, 9.17) is 9.63 Å². The van der Waals surface area contributed by atoms with E-state index in [1.54, 1.807) is 0 Å². The topological polar surface area (TPSA) is 105 Å². The van der Waals surface area contributed by atoms with E-state index in [2.05, 4.69) is 15.5 Å². The van der Waals surface area contributed by atoms with E-state index in [1.165, 1.54) is 39.0 Å². The van der Waals surface area contributed by atoms with Gasteiger partial charge in [-0.1, -0.05) is 50.1 Å². The molecule has 1 saturated carbocycles. The lowest BCUT2D eigenvalue weighted by Gasteiger charge is -2.21. The molecule has 2 rings (SSSR count). The molecule has 0 spiro atoms. The lowest BCUT2D eigenvalue weighted by Crippen LogP contribution is -2.19. The molecule has 0 aliphatic heterocycles. The van der Waals surface area contributed by atoms with Crippen molar-refractivity contribution in [1.82, 2.24) is 15.5 Å². The zero-order valence-corrected chi connectivity index (χ0v) is 14.3. The molecule has 1 amide bonds. The first-order chi connectivity index (χ1) is 11.5. The van der Waals surface area contributed by atoms with E-state index >= 15 is 0 Å². The van der Waals surface area contributed by atoms with Crippen LogP contribution >= 0.6 is 0 Å². The van der Waals surface area contributed by atoms with E-state index in [0.717, 1.165) is 25.2 Å². The third-order valence-corrected chi connectivity index (χ3v) is 4.64. The maximum Gasteiger partial charge on any atom is 0.304 e. The Labute approximate surface area is 142 Å². The summed E-state index contributed by atoms with van der Waals surface area (Å²) in [5.74, 6) is 0.228. The Balaban J connectivity index is 1.87. The Bertz CT molecular complexity index is 538. The van der Waals surface area contributed by atoms with Gasteiger partial charge in [0.05, 0.1) is 13.0 Å². The van der Waals surface area contributed by atoms with Crippen LogP contribution in [-0.2, 0) is 16.1 Å². The smallest absolute Gasteiger partial charge is 0.304 e. The fourth-order valence-electron chi connectivity index (χ4n) is 3.36. The Morgan fingerprint density at radius 3 is 2.75 bits per heavy atom. The number of carbonyl (C=O) groups excluding carboxylic acids is 1. The van der Waals surface area contributed by atoms with Gasteiger partial charge in [-0.25, -0.2) is 0 Å². The molecule has 0 radical (unpaired) electrons. The minimum Gasteiger partial charge on any atom is -0.481 e. The number of aliphatic carboxylic acids is 1. The van der Waals surface area contributed by atoms with Crippen molar-refractivity contribution in [2.75, 3.05) is 0 Å². The molecule has 134 valence electrons. The van der Waals surface area contributed by atoms with Crippen molar-refractivity contribution in [1.29, 1.82) is 0 Å². The Hall–Kier alpha value is -1.92. The van der Waals surface area contributed by atoms with E-state index < -0.39 is 5.97 Å². The normalized spacial score (nSPS) is 16.7. The Morgan fingerprint density at radius 2 is 2.08 bits per heavy atom. The number of carboxylic acids is 1. The summed E-state index contributed by atoms with van der Waals surface area (Å²) in [4.78, 5) is 26.3. The lowest BCUT2D eigenvalue weighted by molar-refractivity contribution is -0.137. The molecule has 1 aromatic rings. The SMILES string of the molecule is CC(=O)NCc1noc([C@@H](CCCC2CCCCC2)CC(=O)O)n1. The monoisotopic (exact) mass is 337 g/mol. The van der Waals surface area contributed by atoms with Crippen LogP contribution in [0.25, 0.3) is 0 Å². The van der Waals surface area contributed by atoms with Crippen LogP contribution in [-0.4, -0.2) is 27.1 Å². The second-order valence-corrected chi connectivity index (χ2v) is 6.69. The van der Waals surface area contributed by atoms with Gasteiger partial charge in [-0.2, -0.15) is 4.98 Å². The summed E-state index contributed by atoms with van der Waals surface area (Å²) in [5, 5.41) is 15.6. The largest absolute Gasteiger partial charge is 0.481 e. The van der Waals surface area contributed by atoms with Crippen molar-refractivity contribution in [3.63, 3.8) is 0 Å². The molecular formula is C17H27N3O4. The quantitative estimate of drug-likeness (QED) is 0.717. The van der Waals surface area contributed by atoms with Gasteiger partial charge in [0.15, 0.2) is 5.82 Å². The molecule has 1 aliphatic carbocycles. The summed E-state index contributed by atoms with van der Waals surface area (Å²) < 4.78 is 5.23. The molecule has 1 aliphatic rings. The summed E-state index contributed by atoms with van der Waals surface area (Å²) in [7, 11) is 0. The number of aromatic nitrogens is 2. The molecule has 0 bridgehead atoms. The van der Waals surface area contributed by atoms with Crippen LogP contribution in [0.3, 0.4) is 0 Å². The molecule has 24 heavy (non-hydrogen) atoms. The summed E-state index contributed by atoms with van der Waals surface area (Å²) in [6.07, 6.45) is 9.43. The highest BCUT2D eigenvalue weighted by Crippen LogP contribution is 2.31. The number of nitrogens with zero attached hydrogens (tertiary/aromatic N) is 2. The highest BCUT2D eigenvalue weighted by Gasteiger charge is 2.23. The predicted octanol–water partition coefficient (Wildman–Crippen LogP) is 3.01. The molecule has 0 unspecified atom stereocenters. The third kappa shape index (κ3) is 6.29. The average Bonchev–Trinajstić information content (AvgIpc) is 3.01. The lowest BCUT2D eigenvalue weighted by atomic mass is 9.84. The number of carbonyl (C=O) groups is 2. The van der Waals surface area contributed by atoms with Crippen molar-refractivity contribution >= 4 is 11.9 Å². The van der Waals surface area contributed by atoms with Crippen molar-refractivity contribution in [2.24, 2.45) is 5.92 Å². The fraction of sp³-hybridized carbons (Fsp3) is 0.765. The van der Waals surface area contributed by atoms with Gasteiger partial charge in [-0.05, 0) is 12.3 Å². The molecule has 1 fully saturated rings. The number of rotatable bonds is 9. The first-order valence-corrected chi connectivity index (χ1v) is 8.83. The van der Waals surface area contributed by atoms with Crippen LogP contribution in [0.15, 0.2) is 4.52 Å². The van der Waals surface area contributed by atoms with Gasteiger partial charge in [0.1, 0.15) is 0 Å². The molecule has 7 nitrogen and oxygen atoms in total. The number of hydrogen-bond acceptors (Lipinski definition) is 5. The van der Waals surface area contributed by atoms with Crippen molar-refractivity contribution in [3.8, 4) is 0 Å². The van der Waals surface area contributed by atoms with E-state index in [-0.39, 0.29) is 24.8 Å². The summed E-state index contributed by atoms with van der Waals surface area (Å²) in [6.45, 7) is 1.61. The number of hydrogen-bond donors (Lipinski definition) is 2. The second-order valence-electron chi connectivity index (χ2n) is 6.69. The minimum atomic E-state index is -0.862. The molecule has 7 heteroatoms. The molecule has 0 aromatic carbocycles. The van der Waals surface area contributed by atoms with Gasteiger partial charge in [0, 0.05) is 12.8 Å². The zero-order chi connectivity index (χ0) is 17.4. The molecule has 1 aromatic heterocycles. The van der Waals surface area contributed by atoms with Crippen LogP contribution < -0.4 is 5.32 Å². The summed E-state index contributed by atoms with van der Waals surface area (Å²) >= 11 is 0. The van der Waals surface area contributed by atoms with Gasteiger partial charge >= 0.3 is 5.97 Å². The van der Waals surface area contributed by atoms with Crippen LogP contribution in [0.2, 0.25) is 0 Å². The van der Waals surface area contributed by atoms with Crippen molar-refractivity contribution in [2.45, 2.75) is 77.2 Å². The van der Waals surface area contributed by atoms with Gasteiger partial charge in [0.2, 0.25) is 11.8 Å². The van der Waals surface area contributed by atoms with Gasteiger partial charge < -0.3 is 14.9 Å². The highest BCUT2D eigenvalue weighted by atomic mass is 16.5.